The molecule has 7 heteroatoms. The Labute approximate surface area is 111 Å². The van der Waals surface area contributed by atoms with Crippen LogP contribution in [-0.2, 0) is 10.0 Å². The van der Waals surface area contributed by atoms with Crippen molar-refractivity contribution in [2.75, 3.05) is 25.4 Å². The molecule has 19 heavy (non-hydrogen) atoms. The van der Waals surface area contributed by atoms with Crippen LogP contribution in [0.25, 0.3) is 0 Å². The molecule has 106 valence electrons. The number of rotatable bonds is 3. The van der Waals surface area contributed by atoms with Gasteiger partial charge in [0.1, 0.15) is 5.82 Å². The second-order valence-corrected chi connectivity index (χ2v) is 6.68. The Hall–Kier alpha value is -1.18. The number of piperidine rings is 1. The van der Waals surface area contributed by atoms with E-state index in [-0.39, 0.29) is 29.7 Å². The first kappa shape index (κ1) is 14.2. The van der Waals surface area contributed by atoms with Crippen molar-refractivity contribution in [3.05, 3.63) is 24.0 Å². The van der Waals surface area contributed by atoms with E-state index in [9.17, 15) is 12.8 Å². The molecule has 0 bridgehead atoms. The van der Waals surface area contributed by atoms with E-state index in [0.29, 0.717) is 13.0 Å². The molecule has 1 fully saturated rings. The minimum absolute atomic E-state index is 0.00927. The van der Waals surface area contributed by atoms with Crippen molar-refractivity contribution >= 4 is 15.7 Å². The predicted molar refractivity (Wildman–Crippen MR) is 69.4 cm³/mol. The summed E-state index contributed by atoms with van der Waals surface area (Å²) in [6.07, 6.45) is 1.52. The van der Waals surface area contributed by atoms with Gasteiger partial charge >= 0.3 is 0 Å². The molecule has 0 radical (unpaired) electrons. The van der Waals surface area contributed by atoms with Crippen LogP contribution in [0.4, 0.5) is 10.1 Å². The predicted octanol–water partition coefficient (Wildman–Crippen LogP) is 0.801. The summed E-state index contributed by atoms with van der Waals surface area (Å²) in [5.41, 5.74) is 5.22. The number of nitrogens with zero attached hydrogens (tertiary/aromatic N) is 1. The Morgan fingerprint density at radius 2 is 2.21 bits per heavy atom. The zero-order chi connectivity index (χ0) is 14.0. The standard InChI is InChI=1S/C12H17FN2O3S/c13-11-4-3-10(6-12(11)14)19(17,18)15-5-1-2-9(7-15)8-16/h3-4,6,9,16H,1-2,5,7-8,14H2. The number of hydrogen-bond acceptors (Lipinski definition) is 4. The number of nitrogens with two attached hydrogens (primary N) is 1. The quantitative estimate of drug-likeness (QED) is 0.806. The van der Waals surface area contributed by atoms with Gasteiger partial charge in [0, 0.05) is 19.7 Å². The topological polar surface area (TPSA) is 83.6 Å². The van der Waals surface area contributed by atoms with E-state index in [1.807, 2.05) is 0 Å². The first-order valence-electron chi connectivity index (χ1n) is 6.11. The lowest BCUT2D eigenvalue weighted by Gasteiger charge is -2.31. The summed E-state index contributed by atoms with van der Waals surface area (Å²) >= 11 is 0. The van der Waals surface area contributed by atoms with E-state index < -0.39 is 15.8 Å². The van der Waals surface area contributed by atoms with Gasteiger partial charge in [0.25, 0.3) is 0 Å². The monoisotopic (exact) mass is 288 g/mol. The van der Waals surface area contributed by atoms with Crippen molar-refractivity contribution in [1.82, 2.24) is 4.31 Å². The molecule has 1 heterocycles. The molecule has 0 spiro atoms. The van der Waals surface area contributed by atoms with E-state index in [0.717, 1.165) is 18.6 Å². The van der Waals surface area contributed by atoms with Gasteiger partial charge in [0.15, 0.2) is 0 Å². The van der Waals surface area contributed by atoms with Gasteiger partial charge in [0.05, 0.1) is 10.6 Å². The van der Waals surface area contributed by atoms with E-state index >= 15 is 0 Å². The molecule has 1 atom stereocenters. The van der Waals surface area contributed by atoms with Crippen molar-refractivity contribution in [1.29, 1.82) is 0 Å². The van der Waals surface area contributed by atoms with Crippen LogP contribution in [0.5, 0.6) is 0 Å². The number of sulfonamides is 1. The first-order valence-corrected chi connectivity index (χ1v) is 7.55. The van der Waals surface area contributed by atoms with Gasteiger partial charge in [-0.2, -0.15) is 4.31 Å². The zero-order valence-corrected chi connectivity index (χ0v) is 11.2. The van der Waals surface area contributed by atoms with Crippen LogP contribution < -0.4 is 5.73 Å². The molecule has 5 nitrogen and oxygen atoms in total. The second kappa shape index (κ2) is 5.44. The number of aliphatic hydroxyl groups is 1. The second-order valence-electron chi connectivity index (χ2n) is 4.74. The number of nitrogen functional groups attached to an aromatic ring is 1. The summed E-state index contributed by atoms with van der Waals surface area (Å²) in [6, 6.07) is 3.40. The summed E-state index contributed by atoms with van der Waals surface area (Å²) in [5, 5.41) is 9.13. The lowest BCUT2D eigenvalue weighted by atomic mass is 10.0. The van der Waals surface area contributed by atoms with Crippen molar-refractivity contribution in [2.45, 2.75) is 17.7 Å². The minimum Gasteiger partial charge on any atom is -0.396 e. The van der Waals surface area contributed by atoms with E-state index in [1.165, 1.54) is 10.4 Å². The van der Waals surface area contributed by atoms with E-state index in [4.69, 9.17) is 10.8 Å². The van der Waals surface area contributed by atoms with Crippen molar-refractivity contribution in [3.8, 4) is 0 Å². The highest BCUT2D eigenvalue weighted by atomic mass is 32.2. The molecule has 1 unspecified atom stereocenters. The number of aliphatic hydroxyl groups excluding tert-OH is 1. The van der Waals surface area contributed by atoms with Gasteiger partial charge in [-0.05, 0) is 37.0 Å². The molecule has 0 saturated carbocycles. The summed E-state index contributed by atoms with van der Waals surface area (Å²) < 4.78 is 39.2. The molecule has 1 saturated heterocycles. The molecule has 0 aromatic heterocycles. The van der Waals surface area contributed by atoms with Gasteiger partial charge in [-0.1, -0.05) is 0 Å². The Morgan fingerprint density at radius 1 is 1.47 bits per heavy atom. The van der Waals surface area contributed by atoms with Gasteiger partial charge in [-0.15, -0.1) is 0 Å². The largest absolute Gasteiger partial charge is 0.396 e. The van der Waals surface area contributed by atoms with Crippen LogP contribution in [0, 0.1) is 11.7 Å². The van der Waals surface area contributed by atoms with Gasteiger partial charge in [0.2, 0.25) is 10.0 Å². The smallest absolute Gasteiger partial charge is 0.243 e. The molecule has 0 amide bonds. The van der Waals surface area contributed by atoms with Gasteiger partial charge < -0.3 is 10.8 Å². The third-order valence-electron chi connectivity index (χ3n) is 3.35. The molecular formula is C12H17FN2O3S. The molecule has 3 N–H and O–H groups in total. The first-order chi connectivity index (χ1) is 8.95. The van der Waals surface area contributed by atoms with Gasteiger partial charge in [-0.3, -0.25) is 0 Å². The fourth-order valence-electron chi connectivity index (χ4n) is 2.23. The maximum atomic E-state index is 13.1. The molecule has 1 aromatic rings. The zero-order valence-electron chi connectivity index (χ0n) is 10.4. The fourth-order valence-corrected chi connectivity index (χ4v) is 3.82. The minimum atomic E-state index is -3.67. The molecule has 0 aliphatic carbocycles. The Morgan fingerprint density at radius 3 is 2.84 bits per heavy atom. The van der Waals surface area contributed by atoms with Crippen LogP contribution in [0.1, 0.15) is 12.8 Å². The summed E-state index contributed by atoms with van der Waals surface area (Å²) in [4.78, 5) is -0.00927. The molecule has 1 aliphatic rings. The third-order valence-corrected chi connectivity index (χ3v) is 5.21. The summed E-state index contributed by atoms with van der Waals surface area (Å²) in [7, 11) is -3.67. The van der Waals surface area contributed by atoms with E-state index in [2.05, 4.69) is 0 Å². The van der Waals surface area contributed by atoms with Crippen LogP contribution in [0.3, 0.4) is 0 Å². The highest BCUT2D eigenvalue weighted by Crippen LogP contribution is 2.25. The molecular weight excluding hydrogens is 271 g/mol. The molecule has 1 aromatic carbocycles. The highest BCUT2D eigenvalue weighted by molar-refractivity contribution is 7.89. The van der Waals surface area contributed by atoms with Crippen molar-refractivity contribution in [2.24, 2.45) is 5.92 Å². The average molecular weight is 288 g/mol. The molecule has 2 rings (SSSR count). The maximum absolute atomic E-state index is 13.1. The highest BCUT2D eigenvalue weighted by Gasteiger charge is 2.30. The summed E-state index contributed by atoms with van der Waals surface area (Å²) in [6.45, 7) is 0.670. The lowest BCUT2D eigenvalue weighted by Crippen LogP contribution is -2.40. The Kier molecular flexibility index (Phi) is 4.07. The van der Waals surface area contributed by atoms with Crippen LogP contribution in [-0.4, -0.2) is 37.5 Å². The maximum Gasteiger partial charge on any atom is 0.243 e. The Bertz CT molecular complexity index is 562. The number of benzene rings is 1. The normalized spacial score (nSPS) is 21.5. The van der Waals surface area contributed by atoms with Crippen molar-refractivity contribution < 1.29 is 17.9 Å². The summed E-state index contributed by atoms with van der Waals surface area (Å²) in [5.74, 6) is -0.674. The average Bonchev–Trinajstić information content (AvgIpc) is 2.41. The van der Waals surface area contributed by atoms with E-state index in [1.54, 1.807) is 0 Å². The lowest BCUT2D eigenvalue weighted by molar-refractivity contribution is 0.165. The fraction of sp³-hybridized carbons (Fsp3) is 0.500. The SMILES string of the molecule is Nc1cc(S(=O)(=O)N2CCCC(CO)C2)ccc1F. The van der Waals surface area contributed by atoms with Crippen LogP contribution >= 0.6 is 0 Å². The number of hydrogen-bond donors (Lipinski definition) is 2. The van der Waals surface area contributed by atoms with Crippen molar-refractivity contribution in [3.63, 3.8) is 0 Å². The van der Waals surface area contributed by atoms with Gasteiger partial charge in [-0.25, -0.2) is 12.8 Å². The third kappa shape index (κ3) is 2.88. The number of halogens is 1. The van der Waals surface area contributed by atoms with Crippen LogP contribution in [0.2, 0.25) is 0 Å². The Balaban J connectivity index is 2.28. The molecule has 1 aliphatic heterocycles. The number of anilines is 1. The van der Waals surface area contributed by atoms with Crippen LogP contribution in [0.15, 0.2) is 23.1 Å².